The number of carbonyl (C=O) groups excluding carboxylic acids is 2. The van der Waals surface area contributed by atoms with E-state index in [1.54, 1.807) is 31.2 Å². The lowest BCUT2D eigenvalue weighted by Crippen LogP contribution is -2.20. The molecule has 0 atom stereocenters. The van der Waals surface area contributed by atoms with Crippen molar-refractivity contribution in [3.8, 4) is 5.75 Å². The Bertz CT molecular complexity index is 416. The van der Waals surface area contributed by atoms with E-state index in [-0.39, 0.29) is 12.6 Å². The zero-order valence-electron chi connectivity index (χ0n) is 12.6. The van der Waals surface area contributed by atoms with Crippen LogP contribution < -0.4 is 16.2 Å². The maximum atomic E-state index is 11.3. The van der Waals surface area contributed by atoms with Gasteiger partial charge in [-0.2, -0.15) is 0 Å². The van der Waals surface area contributed by atoms with Crippen LogP contribution in [0.1, 0.15) is 37.0 Å². The van der Waals surface area contributed by atoms with Crippen molar-refractivity contribution in [1.29, 1.82) is 0 Å². The lowest BCUT2D eigenvalue weighted by molar-refractivity contribution is -0.119. The van der Waals surface area contributed by atoms with Crippen molar-refractivity contribution in [3.05, 3.63) is 29.8 Å². The van der Waals surface area contributed by atoms with Crippen LogP contribution in [0.15, 0.2) is 24.3 Å². The predicted octanol–water partition coefficient (Wildman–Crippen LogP) is 1.47. The molecule has 0 aliphatic carbocycles. The molecule has 0 unspecified atom stereocenters. The Kier molecular flexibility index (Phi) is 10.6. The molecule has 0 aliphatic rings. The smallest absolute Gasteiger partial charge is 0.338 e. The standard InChI is InChI=1S/C11H13NO4.C4H11N/c1-2-15-11(14)8-3-5-9(6-4-8)16-7-10(12)13;1-2-3-4-5/h3-6H,2,7H2,1H3,(H2,12,13);2-5H2,1H3. The number of amides is 1. The van der Waals surface area contributed by atoms with Gasteiger partial charge in [0.15, 0.2) is 6.61 Å². The van der Waals surface area contributed by atoms with Crippen molar-refractivity contribution in [2.45, 2.75) is 26.7 Å². The third-order valence-electron chi connectivity index (χ3n) is 2.30. The quantitative estimate of drug-likeness (QED) is 0.741. The topological polar surface area (TPSA) is 105 Å². The van der Waals surface area contributed by atoms with Crippen LogP contribution in [0.3, 0.4) is 0 Å². The minimum absolute atomic E-state index is 0.182. The predicted molar refractivity (Wildman–Crippen MR) is 81.1 cm³/mol. The van der Waals surface area contributed by atoms with Gasteiger partial charge in [0, 0.05) is 0 Å². The second-order valence-electron chi connectivity index (χ2n) is 4.14. The van der Waals surface area contributed by atoms with Gasteiger partial charge in [-0.25, -0.2) is 4.79 Å². The molecule has 0 saturated heterocycles. The van der Waals surface area contributed by atoms with E-state index in [2.05, 4.69) is 6.92 Å². The first-order chi connectivity index (χ1) is 10.0. The van der Waals surface area contributed by atoms with E-state index in [9.17, 15) is 9.59 Å². The maximum Gasteiger partial charge on any atom is 0.338 e. The third kappa shape index (κ3) is 9.45. The molecule has 1 amide bonds. The highest BCUT2D eigenvalue weighted by Gasteiger charge is 2.06. The Hall–Kier alpha value is -2.08. The van der Waals surface area contributed by atoms with Gasteiger partial charge in [-0.1, -0.05) is 13.3 Å². The first kappa shape index (κ1) is 18.9. The molecule has 0 aliphatic heterocycles. The Morgan fingerprint density at radius 3 is 2.14 bits per heavy atom. The normalized spacial score (nSPS) is 9.29. The number of hydrogen-bond acceptors (Lipinski definition) is 5. The van der Waals surface area contributed by atoms with E-state index in [1.807, 2.05) is 0 Å². The molecule has 0 spiro atoms. The molecule has 0 heterocycles. The third-order valence-corrected chi connectivity index (χ3v) is 2.30. The van der Waals surface area contributed by atoms with E-state index in [0.29, 0.717) is 17.9 Å². The summed E-state index contributed by atoms with van der Waals surface area (Å²) in [6.07, 6.45) is 2.39. The first-order valence-corrected chi connectivity index (χ1v) is 6.93. The van der Waals surface area contributed by atoms with Crippen molar-refractivity contribution < 1.29 is 19.1 Å². The lowest BCUT2D eigenvalue weighted by atomic mass is 10.2. The monoisotopic (exact) mass is 296 g/mol. The number of carbonyl (C=O) groups is 2. The SMILES string of the molecule is CCCCN.CCOC(=O)c1ccc(OCC(N)=O)cc1. The molecule has 0 aromatic heterocycles. The van der Waals surface area contributed by atoms with Crippen LogP contribution >= 0.6 is 0 Å². The second-order valence-corrected chi connectivity index (χ2v) is 4.14. The minimum Gasteiger partial charge on any atom is -0.484 e. The van der Waals surface area contributed by atoms with E-state index in [4.69, 9.17) is 20.9 Å². The molecule has 6 heteroatoms. The van der Waals surface area contributed by atoms with Crippen LogP contribution in [-0.2, 0) is 9.53 Å². The highest BCUT2D eigenvalue weighted by Crippen LogP contribution is 2.12. The highest BCUT2D eigenvalue weighted by molar-refractivity contribution is 5.89. The number of benzene rings is 1. The largest absolute Gasteiger partial charge is 0.484 e. The van der Waals surface area contributed by atoms with Crippen LogP contribution in [0.4, 0.5) is 0 Å². The first-order valence-electron chi connectivity index (χ1n) is 6.93. The summed E-state index contributed by atoms with van der Waals surface area (Å²) in [6.45, 7) is 4.86. The number of unbranched alkanes of at least 4 members (excludes halogenated alkanes) is 1. The van der Waals surface area contributed by atoms with Gasteiger partial charge in [0.25, 0.3) is 5.91 Å². The number of ether oxygens (including phenoxy) is 2. The molecule has 0 saturated carbocycles. The van der Waals surface area contributed by atoms with Crippen LogP contribution in [0.25, 0.3) is 0 Å². The molecule has 1 aromatic carbocycles. The Balaban J connectivity index is 0.000000690. The van der Waals surface area contributed by atoms with Crippen LogP contribution in [0.2, 0.25) is 0 Å². The molecule has 118 valence electrons. The molecule has 0 fully saturated rings. The molecule has 6 nitrogen and oxygen atoms in total. The van der Waals surface area contributed by atoms with Crippen molar-refractivity contribution in [3.63, 3.8) is 0 Å². The molecule has 21 heavy (non-hydrogen) atoms. The molecule has 1 aromatic rings. The number of esters is 1. The summed E-state index contributed by atoms with van der Waals surface area (Å²) in [7, 11) is 0. The summed E-state index contributed by atoms with van der Waals surface area (Å²) in [4.78, 5) is 21.7. The molecule has 1 rings (SSSR count). The van der Waals surface area contributed by atoms with Gasteiger partial charge in [-0.15, -0.1) is 0 Å². The van der Waals surface area contributed by atoms with E-state index in [0.717, 1.165) is 6.54 Å². The lowest BCUT2D eigenvalue weighted by Gasteiger charge is -2.05. The maximum absolute atomic E-state index is 11.3. The van der Waals surface area contributed by atoms with Crippen molar-refractivity contribution in [2.75, 3.05) is 19.8 Å². The van der Waals surface area contributed by atoms with Gasteiger partial charge in [0.1, 0.15) is 5.75 Å². The van der Waals surface area contributed by atoms with E-state index < -0.39 is 5.91 Å². The summed E-state index contributed by atoms with van der Waals surface area (Å²) < 4.78 is 9.85. The zero-order chi connectivity index (χ0) is 16.1. The van der Waals surface area contributed by atoms with Gasteiger partial charge in [0.05, 0.1) is 12.2 Å². The van der Waals surface area contributed by atoms with Crippen LogP contribution in [0, 0.1) is 0 Å². The van der Waals surface area contributed by atoms with Gasteiger partial charge >= 0.3 is 5.97 Å². The van der Waals surface area contributed by atoms with Crippen LogP contribution in [0.5, 0.6) is 5.75 Å². The summed E-state index contributed by atoms with van der Waals surface area (Å²) in [5.41, 5.74) is 10.5. The van der Waals surface area contributed by atoms with Crippen LogP contribution in [-0.4, -0.2) is 31.6 Å². The molecule has 4 N–H and O–H groups in total. The average molecular weight is 296 g/mol. The van der Waals surface area contributed by atoms with Gasteiger partial charge < -0.3 is 20.9 Å². The molecular weight excluding hydrogens is 272 g/mol. The van der Waals surface area contributed by atoms with Crippen molar-refractivity contribution >= 4 is 11.9 Å². The Morgan fingerprint density at radius 1 is 1.14 bits per heavy atom. The summed E-state index contributed by atoms with van der Waals surface area (Å²) >= 11 is 0. The summed E-state index contributed by atoms with van der Waals surface area (Å²) in [6, 6.07) is 6.28. The van der Waals surface area contributed by atoms with E-state index in [1.165, 1.54) is 12.8 Å². The number of nitrogens with two attached hydrogens (primary N) is 2. The fourth-order valence-electron chi connectivity index (χ4n) is 1.26. The molecule has 0 bridgehead atoms. The van der Waals surface area contributed by atoms with Gasteiger partial charge in [0.2, 0.25) is 0 Å². The fraction of sp³-hybridized carbons (Fsp3) is 0.467. The minimum atomic E-state index is -0.547. The molecule has 0 radical (unpaired) electrons. The van der Waals surface area contributed by atoms with Crippen molar-refractivity contribution in [1.82, 2.24) is 0 Å². The second kappa shape index (κ2) is 11.7. The van der Waals surface area contributed by atoms with Gasteiger partial charge in [-0.05, 0) is 44.2 Å². The van der Waals surface area contributed by atoms with Crippen molar-refractivity contribution in [2.24, 2.45) is 11.5 Å². The summed E-state index contributed by atoms with van der Waals surface area (Å²) in [5, 5.41) is 0. The molecular formula is C15H24N2O4. The number of primary amides is 1. The Morgan fingerprint density at radius 2 is 1.76 bits per heavy atom. The fourth-order valence-corrected chi connectivity index (χ4v) is 1.26. The number of hydrogen-bond donors (Lipinski definition) is 2. The highest BCUT2D eigenvalue weighted by atomic mass is 16.5. The average Bonchev–Trinajstić information content (AvgIpc) is 2.47. The zero-order valence-corrected chi connectivity index (χ0v) is 12.6. The van der Waals surface area contributed by atoms with E-state index >= 15 is 0 Å². The number of rotatable bonds is 7. The van der Waals surface area contributed by atoms with Gasteiger partial charge in [-0.3, -0.25) is 4.79 Å². The summed E-state index contributed by atoms with van der Waals surface area (Å²) in [5.74, 6) is -0.453. The Labute approximate surface area is 125 Å².